The van der Waals surface area contributed by atoms with Gasteiger partial charge in [0, 0.05) is 19.0 Å². The number of likely N-dealkylation sites (tertiary alicyclic amines) is 1. The second-order valence-electron chi connectivity index (χ2n) is 6.27. The number of hydrogen-bond donors (Lipinski definition) is 3. The minimum atomic E-state index is -0.144. The molecule has 1 aliphatic rings. The summed E-state index contributed by atoms with van der Waals surface area (Å²) in [6.45, 7) is 8.93. The monoisotopic (exact) mass is 297 g/mol. The van der Waals surface area contributed by atoms with Crippen molar-refractivity contribution >= 4 is 11.9 Å². The highest BCUT2D eigenvalue weighted by atomic mass is 16.1. The van der Waals surface area contributed by atoms with Crippen LogP contribution in [-0.2, 0) is 4.79 Å². The van der Waals surface area contributed by atoms with Gasteiger partial charge in [-0.3, -0.25) is 9.79 Å². The lowest BCUT2D eigenvalue weighted by Gasteiger charge is -2.30. The number of aliphatic imine (C=N–C) groups is 1. The topological polar surface area (TPSA) is 96.7 Å². The van der Waals surface area contributed by atoms with Gasteiger partial charge in [-0.2, -0.15) is 0 Å². The van der Waals surface area contributed by atoms with Gasteiger partial charge in [-0.25, -0.2) is 0 Å². The van der Waals surface area contributed by atoms with Crippen LogP contribution in [0.25, 0.3) is 0 Å². The summed E-state index contributed by atoms with van der Waals surface area (Å²) in [5.41, 5.74) is 11.1. The third-order valence-electron chi connectivity index (χ3n) is 3.82. The van der Waals surface area contributed by atoms with E-state index >= 15 is 0 Å². The third kappa shape index (κ3) is 7.90. The van der Waals surface area contributed by atoms with Gasteiger partial charge in [0.1, 0.15) is 0 Å². The zero-order valence-corrected chi connectivity index (χ0v) is 13.5. The first kappa shape index (κ1) is 17.8. The predicted octanol–water partition coefficient (Wildman–Crippen LogP) is 0.524. The molecule has 1 aliphatic heterocycles. The first-order valence-electron chi connectivity index (χ1n) is 8.04. The molecule has 0 saturated carbocycles. The molecule has 5 N–H and O–H groups in total. The number of carbonyl (C=O) groups is 1. The van der Waals surface area contributed by atoms with E-state index in [1.807, 2.05) is 0 Å². The summed E-state index contributed by atoms with van der Waals surface area (Å²) in [5, 5.41) is 3.15. The van der Waals surface area contributed by atoms with Crippen LogP contribution in [0.1, 0.15) is 39.5 Å². The molecule has 1 saturated heterocycles. The quantitative estimate of drug-likeness (QED) is 0.346. The molecule has 0 aromatic rings. The number of hydrogen-bond acceptors (Lipinski definition) is 3. The molecule has 1 heterocycles. The highest BCUT2D eigenvalue weighted by molar-refractivity contribution is 5.77. The van der Waals surface area contributed by atoms with Gasteiger partial charge < -0.3 is 21.7 Å². The fraction of sp³-hybridized carbons (Fsp3) is 0.867. The van der Waals surface area contributed by atoms with E-state index in [0.29, 0.717) is 11.9 Å². The largest absolute Gasteiger partial charge is 0.370 e. The molecule has 0 aliphatic carbocycles. The Hall–Kier alpha value is -1.30. The van der Waals surface area contributed by atoms with Crippen molar-refractivity contribution in [3.05, 3.63) is 0 Å². The van der Waals surface area contributed by atoms with Crippen molar-refractivity contribution in [3.8, 4) is 0 Å². The summed E-state index contributed by atoms with van der Waals surface area (Å²) in [6, 6.07) is 0. The van der Waals surface area contributed by atoms with Crippen molar-refractivity contribution in [2.45, 2.75) is 39.5 Å². The number of unbranched alkanes of at least 4 members (excludes halogenated alkanes) is 1. The molecule has 21 heavy (non-hydrogen) atoms. The zero-order valence-electron chi connectivity index (χ0n) is 13.5. The molecular formula is C15H31N5O. The fourth-order valence-electron chi connectivity index (χ4n) is 2.45. The molecule has 0 radical (unpaired) electrons. The number of nitrogens with two attached hydrogens (primary N) is 2. The smallest absolute Gasteiger partial charge is 0.220 e. The van der Waals surface area contributed by atoms with Gasteiger partial charge in [0.15, 0.2) is 5.96 Å². The first-order valence-corrected chi connectivity index (χ1v) is 8.04. The van der Waals surface area contributed by atoms with Crippen LogP contribution in [-0.4, -0.2) is 49.5 Å². The zero-order chi connectivity index (χ0) is 15.7. The Morgan fingerprint density at radius 2 is 1.95 bits per heavy atom. The fourth-order valence-corrected chi connectivity index (χ4v) is 2.45. The molecular weight excluding hydrogens is 266 g/mol. The average molecular weight is 297 g/mol. The molecule has 6 heteroatoms. The number of carbonyl (C=O) groups excluding carboxylic acids is 1. The summed E-state index contributed by atoms with van der Waals surface area (Å²) < 4.78 is 0. The third-order valence-corrected chi connectivity index (χ3v) is 3.82. The van der Waals surface area contributed by atoms with Crippen molar-refractivity contribution in [1.82, 2.24) is 10.2 Å². The molecule has 6 nitrogen and oxygen atoms in total. The van der Waals surface area contributed by atoms with Gasteiger partial charge in [0.2, 0.25) is 5.91 Å². The van der Waals surface area contributed by atoms with Gasteiger partial charge in [0.25, 0.3) is 0 Å². The number of rotatable bonds is 8. The van der Waals surface area contributed by atoms with E-state index in [0.717, 1.165) is 58.4 Å². The summed E-state index contributed by atoms with van der Waals surface area (Å²) in [5.74, 6) is 1.02. The van der Waals surface area contributed by atoms with E-state index in [2.05, 4.69) is 29.1 Å². The maximum Gasteiger partial charge on any atom is 0.220 e. The van der Waals surface area contributed by atoms with Gasteiger partial charge in [-0.15, -0.1) is 0 Å². The van der Waals surface area contributed by atoms with Crippen molar-refractivity contribution < 1.29 is 4.79 Å². The lowest BCUT2D eigenvalue weighted by atomic mass is 9.96. The van der Waals surface area contributed by atoms with Crippen LogP contribution in [0.3, 0.4) is 0 Å². The summed E-state index contributed by atoms with van der Waals surface area (Å²) in [6.07, 6.45) is 4.02. The first-order chi connectivity index (χ1) is 9.99. The molecule has 0 unspecified atom stereocenters. The minimum Gasteiger partial charge on any atom is -0.370 e. The SMILES string of the molecule is CC(C)CN=C(N)NCCCCN1CCC(C(N)=O)CC1. The summed E-state index contributed by atoms with van der Waals surface area (Å²) >= 11 is 0. The van der Waals surface area contributed by atoms with Crippen molar-refractivity contribution in [2.75, 3.05) is 32.7 Å². The highest BCUT2D eigenvalue weighted by Gasteiger charge is 2.22. The Bertz CT molecular complexity index is 335. The Balaban J connectivity index is 2.02. The minimum absolute atomic E-state index is 0.0832. The van der Waals surface area contributed by atoms with E-state index < -0.39 is 0 Å². The summed E-state index contributed by atoms with van der Waals surface area (Å²) in [4.78, 5) is 17.8. The highest BCUT2D eigenvalue weighted by Crippen LogP contribution is 2.16. The molecule has 0 atom stereocenters. The second kappa shape index (κ2) is 9.60. The van der Waals surface area contributed by atoms with Crippen LogP contribution in [0.4, 0.5) is 0 Å². The predicted molar refractivity (Wildman–Crippen MR) is 86.9 cm³/mol. The number of piperidine rings is 1. The Labute approximate surface area is 128 Å². The number of amides is 1. The Morgan fingerprint density at radius 1 is 1.29 bits per heavy atom. The normalized spacial score (nSPS) is 18.1. The van der Waals surface area contributed by atoms with Gasteiger partial charge >= 0.3 is 0 Å². The molecule has 1 fully saturated rings. The van der Waals surface area contributed by atoms with Crippen LogP contribution < -0.4 is 16.8 Å². The molecule has 1 rings (SSSR count). The van der Waals surface area contributed by atoms with Crippen LogP contribution >= 0.6 is 0 Å². The molecule has 0 spiro atoms. The van der Waals surface area contributed by atoms with Crippen molar-refractivity contribution in [3.63, 3.8) is 0 Å². The Morgan fingerprint density at radius 3 is 2.52 bits per heavy atom. The van der Waals surface area contributed by atoms with Crippen LogP contribution in [0, 0.1) is 11.8 Å². The number of guanidine groups is 1. The number of nitrogens with zero attached hydrogens (tertiary/aromatic N) is 2. The average Bonchev–Trinajstić information content (AvgIpc) is 2.45. The molecule has 0 bridgehead atoms. The summed E-state index contributed by atoms with van der Waals surface area (Å²) in [7, 11) is 0. The maximum absolute atomic E-state index is 11.1. The molecule has 122 valence electrons. The molecule has 1 amide bonds. The number of nitrogens with one attached hydrogen (secondary N) is 1. The molecule has 0 aromatic carbocycles. The van der Waals surface area contributed by atoms with Crippen molar-refractivity contribution in [1.29, 1.82) is 0 Å². The Kier molecular flexibility index (Phi) is 8.12. The van der Waals surface area contributed by atoms with Gasteiger partial charge in [-0.05, 0) is 51.2 Å². The van der Waals surface area contributed by atoms with Crippen LogP contribution in [0.2, 0.25) is 0 Å². The lowest BCUT2D eigenvalue weighted by molar-refractivity contribution is -0.123. The number of primary amides is 1. The van der Waals surface area contributed by atoms with Crippen LogP contribution in [0.5, 0.6) is 0 Å². The van der Waals surface area contributed by atoms with Gasteiger partial charge in [0.05, 0.1) is 0 Å². The standard InChI is InChI=1S/C15H31N5O/c1-12(2)11-19-15(17)18-7-3-4-8-20-9-5-13(6-10-20)14(16)21/h12-13H,3-11H2,1-2H3,(H2,16,21)(H3,17,18,19). The lowest BCUT2D eigenvalue weighted by Crippen LogP contribution is -2.39. The molecule has 0 aromatic heterocycles. The van der Waals surface area contributed by atoms with Crippen LogP contribution in [0.15, 0.2) is 4.99 Å². The van der Waals surface area contributed by atoms with Gasteiger partial charge in [-0.1, -0.05) is 13.8 Å². The van der Waals surface area contributed by atoms with E-state index in [1.54, 1.807) is 0 Å². The van der Waals surface area contributed by atoms with Crippen molar-refractivity contribution in [2.24, 2.45) is 28.3 Å². The van der Waals surface area contributed by atoms with E-state index in [-0.39, 0.29) is 11.8 Å². The van der Waals surface area contributed by atoms with E-state index in [9.17, 15) is 4.79 Å². The second-order valence-corrected chi connectivity index (χ2v) is 6.27. The van der Waals surface area contributed by atoms with E-state index in [4.69, 9.17) is 11.5 Å². The van der Waals surface area contributed by atoms with E-state index in [1.165, 1.54) is 0 Å². The maximum atomic E-state index is 11.1.